The Kier molecular flexibility index (Phi) is 6.01. The summed E-state index contributed by atoms with van der Waals surface area (Å²) in [6.07, 6.45) is 5.25. The summed E-state index contributed by atoms with van der Waals surface area (Å²) in [5.41, 5.74) is 2.39. The average Bonchev–Trinajstić information content (AvgIpc) is 3.25. The highest BCUT2D eigenvalue weighted by atomic mass is 32.2. The normalized spacial score (nSPS) is 14.4. The van der Waals surface area contributed by atoms with Gasteiger partial charge in [0.25, 0.3) is 0 Å². The SMILES string of the molecule is C[C@@H](Sc1nnnn1-c1ccc(O)cc1)C(=O)Nc1sc2c(c1C#N)CCCCC2. The standard InChI is InChI=1S/C20H20N6O2S2/c1-12(29-20-23-24-25-26(20)13-7-9-14(27)10-8-13)18(28)22-19-16(11-21)15-5-3-2-4-6-17(15)30-19/h7-10,12,27H,2-6H2,1H3,(H,22,28)/t12-/m1/s1. The second-order valence-corrected chi connectivity index (χ2v) is 9.43. The molecule has 0 bridgehead atoms. The Morgan fingerprint density at radius 3 is 2.83 bits per heavy atom. The number of nitriles is 1. The molecule has 154 valence electrons. The summed E-state index contributed by atoms with van der Waals surface area (Å²) in [5.74, 6) is -0.0513. The third kappa shape index (κ3) is 4.17. The molecule has 1 atom stereocenters. The van der Waals surface area contributed by atoms with Crippen molar-refractivity contribution in [2.24, 2.45) is 0 Å². The zero-order valence-corrected chi connectivity index (χ0v) is 18.0. The number of phenols is 1. The van der Waals surface area contributed by atoms with Gasteiger partial charge in [0.2, 0.25) is 11.1 Å². The predicted octanol–water partition coefficient (Wildman–Crippen LogP) is 3.69. The van der Waals surface area contributed by atoms with Crippen LogP contribution < -0.4 is 5.32 Å². The fourth-order valence-corrected chi connectivity index (χ4v) is 5.43. The summed E-state index contributed by atoms with van der Waals surface area (Å²) in [6.45, 7) is 1.78. The lowest BCUT2D eigenvalue weighted by molar-refractivity contribution is -0.115. The third-order valence-corrected chi connectivity index (χ3v) is 7.20. The fourth-order valence-electron chi connectivity index (χ4n) is 3.38. The number of amides is 1. The van der Waals surface area contributed by atoms with E-state index in [1.165, 1.54) is 39.1 Å². The summed E-state index contributed by atoms with van der Waals surface area (Å²) in [7, 11) is 0. The molecule has 0 saturated heterocycles. The van der Waals surface area contributed by atoms with E-state index in [0.29, 0.717) is 21.4 Å². The van der Waals surface area contributed by atoms with Crippen LogP contribution in [0.2, 0.25) is 0 Å². The number of thiophene rings is 1. The molecule has 0 unspecified atom stereocenters. The van der Waals surface area contributed by atoms with Crippen LogP contribution in [0.25, 0.3) is 5.69 Å². The molecular formula is C20H20N6O2S2. The Morgan fingerprint density at radius 2 is 2.07 bits per heavy atom. The van der Waals surface area contributed by atoms with Crippen molar-refractivity contribution in [1.29, 1.82) is 5.26 Å². The molecule has 3 aromatic rings. The van der Waals surface area contributed by atoms with Gasteiger partial charge < -0.3 is 10.4 Å². The van der Waals surface area contributed by atoms with Crippen LogP contribution in [0.5, 0.6) is 5.75 Å². The highest BCUT2D eigenvalue weighted by Crippen LogP contribution is 2.37. The van der Waals surface area contributed by atoms with E-state index in [9.17, 15) is 15.2 Å². The largest absolute Gasteiger partial charge is 0.508 e. The minimum absolute atomic E-state index is 0.149. The van der Waals surface area contributed by atoms with Crippen molar-refractivity contribution >= 4 is 34.0 Å². The number of aromatic hydroxyl groups is 1. The predicted molar refractivity (Wildman–Crippen MR) is 115 cm³/mol. The smallest absolute Gasteiger partial charge is 0.238 e. The molecule has 30 heavy (non-hydrogen) atoms. The van der Waals surface area contributed by atoms with E-state index in [1.54, 1.807) is 31.2 Å². The second-order valence-electron chi connectivity index (χ2n) is 7.02. The molecule has 2 aromatic heterocycles. The van der Waals surface area contributed by atoms with Gasteiger partial charge in [-0.25, -0.2) is 0 Å². The quantitative estimate of drug-likeness (QED) is 0.459. The fraction of sp³-hybridized carbons (Fsp3) is 0.350. The van der Waals surface area contributed by atoms with Gasteiger partial charge in [-0.3, -0.25) is 4.79 Å². The van der Waals surface area contributed by atoms with E-state index < -0.39 is 5.25 Å². The first kappa shape index (κ1) is 20.4. The van der Waals surface area contributed by atoms with E-state index >= 15 is 0 Å². The van der Waals surface area contributed by atoms with Crippen molar-refractivity contribution in [3.63, 3.8) is 0 Å². The summed E-state index contributed by atoms with van der Waals surface area (Å²) in [5, 5.41) is 34.4. The van der Waals surface area contributed by atoms with Crippen molar-refractivity contribution in [3.05, 3.63) is 40.3 Å². The van der Waals surface area contributed by atoms with E-state index in [4.69, 9.17) is 0 Å². The number of carbonyl (C=O) groups excluding carboxylic acids is 1. The number of anilines is 1. The van der Waals surface area contributed by atoms with E-state index in [2.05, 4.69) is 26.9 Å². The molecule has 0 saturated carbocycles. The first-order valence-electron chi connectivity index (χ1n) is 9.66. The number of phenolic OH excluding ortho intramolecular Hbond substituents is 1. The molecule has 1 aromatic carbocycles. The van der Waals surface area contributed by atoms with Crippen LogP contribution >= 0.6 is 23.1 Å². The number of nitrogens with one attached hydrogen (secondary N) is 1. The number of benzene rings is 1. The number of rotatable bonds is 5. The number of carbonyl (C=O) groups is 1. The molecule has 4 rings (SSSR count). The van der Waals surface area contributed by atoms with Gasteiger partial charge in [-0.2, -0.15) is 9.94 Å². The summed E-state index contributed by atoms with van der Waals surface area (Å²) in [4.78, 5) is 14.1. The van der Waals surface area contributed by atoms with Gasteiger partial charge >= 0.3 is 0 Å². The van der Waals surface area contributed by atoms with Crippen molar-refractivity contribution in [2.75, 3.05) is 5.32 Å². The third-order valence-electron chi connectivity index (χ3n) is 4.96. The molecule has 1 aliphatic rings. The zero-order chi connectivity index (χ0) is 21.1. The maximum absolute atomic E-state index is 12.8. The van der Waals surface area contributed by atoms with Gasteiger partial charge in [-0.1, -0.05) is 18.2 Å². The Balaban J connectivity index is 1.49. The maximum Gasteiger partial charge on any atom is 0.238 e. The Morgan fingerprint density at radius 1 is 1.30 bits per heavy atom. The molecule has 0 fully saturated rings. The highest BCUT2D eigenvalue weighted by Gasteiger charge is 2.24. The minimum Gasteiger partial charge on any atom is -0.508 e. The lowest BCUT2D eigenvalue weighted by Crippen LogP contribution is -2.23. The molecule has 8 nitrogen and oxygen atoms in total. The first-order chi connectivity index (χ1) is 14.6. The molecule has 0 radical (unpaired) electrons. The molecule has 2 heterocycles. The lowest BCUT2D eigenvalue weighted by atomic mass is 10.1. The average molecular weight is 441 g/mol. The van der Waals surface area contributed by atoms with Crippen LogP contribution in [-0.4, -0.2) is 36.5 Å². The Bertz CT molecular complexity index is 1100. The van der Waals surface area contributed by atoms with Gasteiger partial charge in [-0.15, -0.1) is 16.4 Å². The monoisotopic (exact) mass is 440 g/mol. The van der Waals surface area contributed by atoms with E-state index in [0.717, 1.165) is 31.2 Å². The highest BCUT2D eigenvalue weighted by molar-refractivity contribution is 8.00. The molecule has 0 spiro atoms. The number of hydrogen-bond acceptors (Lipinski definition) is 8. The van der Waals surface area contributed by atoms with Crippen molar-refractivity contribution < 1.29 is 9.90 Å². The first-order valence-corrected chi connectivity index (χ1v) is 11.4. The molecule has 1 amide bonds. The number of aromatic nitrogens is 4. The number of aryl methyl sites for hydroxylation is 1. The van der Waals surface area contributed by atoms with Crippen LogP contribution in [-0.2, 0) is 17.6 Å². The van der Waals surface area contributed by atoms with Crippen LogP contribution in [0.1, 0.15) is 42.2 Å². The topological polar surface area (TPSA) is 117 Å². The lowest BCUT2D eigenvalue weighted by Gasteiger charge is -2.11. The number of fused-ring (bicyclic) bond motifs is 1. The van der Waals surface area contributed by atoms with Gasteiger partial charge in [-0.05, 0) is 72.9 Å². The van der Waals surface area contributed by atoms with Crippen LogP contribution in [0.3, 0.4) is 0 Å². The van der Waals surface area contributed by atoms with Crippen molar-refractivity contribution in [2.45, 2.75) is 49.4 Å². The Labute approximate surface area is 181 Å². The second kappa shape index (κ2) is 8.85. The van der Waals surface area contributed by atoms with Crippen LogP contribution in [0.4, 0.5) is 5.00 Å². The van der Waals surface area contributed by atoms with Gasteiger partial charge in [0.15, 0.2) is 0 Å². The number of tetrazole rings is 1. The molecule has 1 aliphatic carbocycles. The maximum atomic E-state index is 12.8. The zero-order valence-electron chi connectivity index (χ0n) is 16.3. The number of nitrogens with zero attached hydrogens (tertiary/aromatic N) is 5. The van der Waals surface area contributed by atoms with Gasteiger partial charge in [0, 0.05) is 4.88 Å². The summed E-state index contributed by atoms with van der Waals surface area (Å²) >= 11 is 2.75. The Hall–Kier alpha value is -2.90. The molecule has 10 heteroatoms. The number of hydrogen-bond donors (Lipinski definition) is 2. The van der Waals surface area contributed by atoms with Crippen LogP contribution in [0.15, 0.2) is 29.4 Å². The van der Waals surface area contributed by atoms with Crippen molar-refractivity contribution in [1.82, 2.24) is 20.2 Å². The molecular weight excluding hydrogens is 420 g/mol. The van der Waals surface area contributed by atoms with Crippen molar-refractivity contribution in [3.8, 4) is 17.5 Å². The van der Waals surface area contributed by atoms with Gasteiger partial charge in [0.05, 0.1) is 16.5 Å². The van der Waals surface area contributed by atoms with Crippen LogP contribution in [0, 0.1) is 11.3 Å². The van der Waals surface area contributed by atoms with E-state index in [-0.39, 0.29) is 11.7 Å². The summed E-state index contributed by atoms with van der Waals surface area (Å²) < 4.78 is 1.52. The molecule has 0 aliphatic heterocycles. The molecule has 2 N–H and O–H groups in total. The van der Waals surface area contributed by atoms with Gasteiger partial charge in [0.1, 0.15) is 16.8 Å². The minimum atomic E-state index is -0.472. The number of thioether (sulfide) groups is 1. The summed E-state index contributed by atoms with van der Waals surface area (Å²) in [6, 6.07) is 8.77. The van der Waals surface area contributed by atoms with E-state index in [1.807, 2.05) is 0 Å².